The van der Waals surface area contributed by atoms with E-state index < -0.39 is 23.9 Å². The van der Waals surface area contributed by atoms with Gasteiger partial charge in [-0.1, -0.05) is 56.5 Å². The van der Waals surface area contributed by atoms with Crippen molar-refractivity contribution in [3.63, 3.8) is 0 Å². The predicted molar refractivity (Wildman–Crippen MR) is 139 cm³/mol. The summed E-state index contributed by atoms with van der Waals surface area (Å²) in [6, 6.07) is 11.1. The van der Waals surface area contributed by atoms with E-state index in [1.165, 1.54) is 31.9 Å². The first kappa shape index (κ1) is 28.2. The number of ether oxygens (including phenoxy) is 3. The number of pyridine rings is 1. The summed E-state index contributed by atoms with van der Waals surface area (Å²) in [6.45, 7) is 5.36. The van der Waals surface area contributed by atoms with Gasteiger partial charge < -0.3 is 19.5 Å². The van der Waals surface area contributed by atoms with E-state index in [0.29, 0.717) is 12.3 Å². The molecule has 1 aliphatic heterocycles. The van der Waals surface area contributed by atoms with Gasteiger partial charge in [-0.05, 0) is 50.0 Å². The highest BCUT2D eigenvalue weighted by atomic mass is 16.6. The van der Waals surface area contributed by atoms with Crippen LogP contribution in [0, 0.1) is 11.8 Å². The van der Waals surface area contributed by atoms with Crippen LogP contribution in [0.3, 0.4) is 0 Å². The minimum atomic E-state index is -0.838. The Morgan fingerprint density at radius 1 is 1.16 bits per heavy atom. The predicted octanol–water partition coefficient (Wildman–Crippen LogP) is 4.89. The second kappa shape index (κ2) is 13.8. The summed E-state index contributed by atoms with van der Waals surface area (Å²) in [5.41, 5.74) is 1.15. The van der Waals surface area contributed by atoms with Gasteiger partial charge in [0.2, 0.25) is 5.75 Å². The maximum absolute atomic E-state index is 13.2. The normalized spacial score (nSPS) is 22.1. The molecule has 200 valence electrons. The molecule has 1 fully saturated rings. The third-order valence-corrected chi connectivity index (χ3v) is 6.95. The van der Waals surface area contributed by atoms with E-state index in [9.17, 15) is 14.4 Å². The average Bonchev–Trinajstić information content (AvgIpc) is 2.92. The molecule has 1 aromatic carbocycles. The van der Waals surface area contributed by atoms with Gasteiger partial charge in [-0.3, -0.25) is 9.59 Å². The smallest absolute Gasteiger partial charge is 0.328 e. The van der Waals surface area contributed by atoms with Crippen LogP contribution in [-0.4, -0.2) is 42.1 Å². The van der Waals surface area contributed by atoms with Crippen LogP contribution in [-0.2, 0) is 20.7 Å². The fraction of sp³-hybridized carbons (Fsp3) is 0.517. The fourth-order valence-electron chi connectivity index (χ4n) is 5.09. The molecule has 0 aliphatic carbocycles. The molecule has 0 bridgehead atoms. The first-order valence-electron chi connectivity index (χ1n) is 13.1. The Morgan fingerprint density at radius 2 is 1.92 bits per heavy atom. The Kier molecular flexibility index (Phi) is 10.5. The number of hydrogen-bond acceptors (Lipinski definition) is 7. The Balaban J connectivity index is 1.80. The fourth-order valence-corrected chi connectivity index (χ4v) is 5.09. The number of nitrogens with one attached hydrogen (secondary N) is 1. The van der Waals surface area contributed by atoms with E-state index >= 15 is 0 Å². The second-order valence-corrected chi connectivity index (χ2v) is 9.64. The highest BCUT2D eigenvalue weighted by molar-refractivity contribution is 5.98. The van der Waals surface area contributed by atoms with Crippen LogP contribution in [0.4, 0.5) is 0 Å². The largest absolute Gasteiger partial charge is 0.493 e. The van der Waals surface area contributed by atoms with Crippen molar-refractivity contribution in [3.05, 3.63) is 53.9 Å². The topological polar surface area (TPSA) is 104 Å². The van der Waals surface area contributed by atoms with Gasteiger partial charge in [0, 0.05) is 19.2 Å². The highest BCUT2D eigenvalue weighted by Crippen LogP contribution is 2.34. The molecule has 0 unspecified atom stereocenters. The second-order valence-electron chi connectivity index (χ2n) is 9.64. The van der Waals surface area contributed by atoms with Crippen molar-refractivity contribution in [3.8, 4) is 11.5 Å². The summed E-state index contributed by atoms with van der Waals surface area (Å²) in [5.74, 6) is -0.993. The summed E-state index contributed by atoms with van der Waals surface area (Å²) in [4.78, 5) is 42.1. The third-order valence-electron chi connectivity index (χ3n) is 6.95. The molecular formula is C29H38N2O6. The van der Waals surface area contributed by atoms with Gasteiger partial charge in [-0.2, -0.15) is 0 Å². The molecule has 3 rings (SSSR count). The van der Waals surface area contributed by atoms with Crippen molar-refractivity contribution < 1.29 is 28.6 Å². The van der Waals surface area contributed by atoms with Crippen molar-refractivity contribution in [1.82, 2.24) is 10.3 Å². The molecule has 37 heavy (non-hydrogen) atoms. The number of cyclic esters (lactones) is 1. The van der Waals surface area contributed by atoms with E-state index in [4.69, 9.17) is 14.2 Å². The minimum Gasteiger partial charge on any atom is -0.493 e. The third kappa shape index (κ3) is 7.78. The number of rotatable bonds is 9. The number of esters is 2. The number of carbonyl (C=O) groups excluding carboxylic acids is 3. The lowest BCUT2D eigenvalue weighted by Gasteiger charge is -2.31. The zero-order chi connectivity index (χ0) is 26.8. The number of hydrogen-bond donors (Lipinski definition) is 1. The Morgan fingerprint density at radius 3 is 2.59 bits per heavy atom. The molecule has 1 amide bonds. The van der Waals surface area contributed by atoms with Crippen LogP contribution in [0.5, 0.6) is 11.5 Å². The zero-order valence-electron chi connectivity index (χ0n) is 22.2. The summed E-state index contributed by atoms with van der Waals surface area (Å²) in [7, 11) is 1.40. The molecule has 4 atom stereocenters. The molecular weight excluding hydrogens is 472 g/mol. The summed E-state index contributed by atoms with van der Waals surface area (Å²) < 4.78 is 16.4. The number of carbonyl (C=O) groups is 3. The lowest BCUT2D eigenvalue weighted by Crippen LogP contribution is -2.43. The number of methoxy groups -OCH3 is 1. The summed E-state index contributed by atoms with van der Waals surface area (Å²) >= 11 is 0. The van der Waals surface area contributed by atoms with E-state index in [-0.39, 0.29) is 29.2 Å². The van der Waals surface area contributed by atoms with Crippen molar-refractivity contribution in [2.24, 2.45) is 11.8 Å². The number of nitrogens with zero attached hydrogens (tertiary/aromatic N) is 1. The number of benzene rings is 1. The van der Waals surface area contributed by atoms with Crippen LogP contribution < -0.4 is 14.8 Å². The monoisotopic (exact) mass is 510 g/mol. The molecule has 0 saturated carbocycles. The van der Waals surface area contributed by atoms with Gasteiger partial charge in [0.1, 0.15) is 12.1 Å². The van der Waals surface area contributed by atoms with Gasteiger partial charge in [0.05, 0.1) is 7.11 Å². The van der Waals surface area contributed by atoms with Crippen molar-refractivity contribution >= 4 is 17.8 Å². The molecule has 8 nitrogen and oxygen atoms in total. The number of unbranched alkanes of at least 4 members (excludes halogenated alkanes) is 1. The SMILES string of the molecule is CCCC[C@@H]1[C@@H](Cc2ccccc2)CCC[C@H](NC(=O)c2nccc(OC)c2OC(C)=O)C(=O)O[C@H]1C. The molecule has 8 heteroatoms. The molecule has 1 N–H and O–H groups in total. The lowest BCUT2D eigenvalue weighted by molar-refractivity contribution is -0.154. The maximum Gasteiger partial charge on any atom is 0.328 e. The Hall–Kier alpha value is -3.42. The maximum atomic E-state index is 13.2. The van der Waals surface area contributed by atoms with Crippen LogP contribution in [0.2, 0.25) is 0 Å². The van der Waals surface area contributed by atoms with Crippen molar-refractivity contribution in [1.29, 1.82) is 0 Å². The van der Waals surface area contributed by atoms with Gasteiger partial charge >= 0.3 is 11.9 Å². The van der Waals surface area contributed by atoms with Crippen molar-refractivity contribution in [2.45, 2.75) is 77.9 Å². The number of amides is 1. The van der Waals surface area contributed by atoms with Crippen LogP contribution in [0.1, 0.15) is 75.3 Å². The van der Waals surface area contributed by atoms with E-state index in [2.05, 4.69) is 41.5 Å². The highest BCUT2D eigenvalue weighted by Gasteiger charge is 2.34. The molecule has 1 aromatic heterocycles. The van der Waals surface area contributed by atoms with Gasteiger partial charge in [-0.15, -0.1) is 0 Å². The quantitative estimate of drug-likeness (QED) is 0.479. The number of aromatic nitrogens is 1. The van der Waals surface area contributed by atoms with Crippen molar-refractivity contribution in [2.75, 3.05) is 7.11 Å². The zero-order valence-corrected chi connectivity index (χ0v) is 22.2. The molecule has 2 heterocycles. The molecule has 0 spiro atoms. The Labute approximate surface area is 219 Å². The van der Waals surface area contributed by atoms with Crippen LogP contribution in [0.15, 0.2) is 42.6 Å². The van der Waals surface area contributed by atoms with E-state index in [1.54, 1.807) is 0 Å². The van der Waals surface area contributed by atoms with Crippen LogP contribution >= 0.6 is 0 Å². The average molecular weight is 511 g/mol. The molecule has 1 aliphatic rings. The van der Waals surface area contributed by atoms with Gasteiger partial charge in [0.25, 0.3) is 5.91 Å². The first-order chi connectivity index (χ1) is 17.8. The molecule has 1 saturated heterocycles. The van der Waals surface area contributed by atoms with Gasteiger partial charge in [0.15, 0.2) is 11.4 Å². The van der Waals surface area contributed by atoms with Gasteiger partial charge in [-0.25, -0.2) is 9.78 Å². The molecule has 2 aromatic rings. The van der Waals surface area contributed by atoms with E-state index in [0.717, 1.165) is 38.5 Å². The molecule has 0 radical (unpaired) electrons. The van der Waals surface area contributed by atoms with Crippen LogP contribution in [0.25, 0.3) is 0 Å². The lowest BCUT2D eigenvalue weighted by atomic mass is 9.78. The summed E-state index contributed by atoms with van der Waals surface area (Å²) in [6.07, 6.45) is 7.28. The first-order valence-corrected chi connectivity index (χ1v) is 13.1. The van der Waals surface area contributed by atoms with E-state index in [1.807, 2.05) is 13.0 Å². The Bertz CT molecular complexity index is 1060. The summed E-state index contributed by atoms with van der Waals surface area (Å²) in [5, 5.41) is 2.77. The standard InChI is InChI=1S/C29H38N2O6/c1-5-6-14-23-19(2)36-29(34)24(15-10-13-22(23)18-21-11-8-7-9-12-21)31-28(33)26-27(37-20(3)32)25(35-4)16-17-30-26/h7-9,11-12,16-17,19,22-24H,5-6,10,13-15,18H2,1-4H3,(H,31,33)/t19-,22+,23-,24-/m0/s1. The minimum absolute atomic E-state index is 0.0812.